The Morgan fingerprint density at radius 2 is 1.89 bits per heavy atom. The summed E-state index contributed by atoms with van der Waals surface area (Å²) >= 11 is 0. The Morgan fingerprint density at radius 3 is 2.47 bits per heavy atom. The van der Waals surface area contributed by atoms with Crippen molar-refractivity contribution in [3.8, 4) is 0 Å². The van der Waals surface area contributed by atoms with Crippen LogP contribution in [-0.4, -0.2) is 14.2 Å². The first kappa shape index (κ1) is 13.8. The van der Waals surface area contributed by atoms with E-state index in [0.717, 1.165) is 5.56 Å². The van der Waals surface area contributed by atoms with Crippen molar-refractivity contribution in [2.45, 2.75) is 19.4 Å². The van der Waals surface area contributed by atoms with Gasteiger partial charge in [-0.25, -0.2) is 13.1 Å². The average Bonchev–Trinajstić information content (AvgIpc) is 2.91. The summed E-state index contributed by atoms with van der Waals surface area (Å²) in [5.74, 6) is 0.697. The lowest BCUT2D eigenvalue weighted by atomic mass is 10.1. The normalized spacial score (nSPS) is 13.3. The van der Waals surface area contributed by atoms with Crippen LogP contribution in [-0.2, 0) is 10.0 Å². The molecule has 0 amide bonds. The largest absolute Gasteiger partial charge is 0.467 e. The van der Waals surface area contributed by atoms with Gasteiger partial charge in [-0.15, -0.1) is 0 Å². The smallest absolute Gasteiger partial charge is 0.212 e. The van der Waals surface area contributed by atoms with E-state index in [1.54, 1.807) is 18.4 Å². The van der Waals surface area contributed by atoms with E-state index in [-0.39, 0.29) is 5.75 Å². The fourth-order valence-electron chi connectivity index (χ4n) is 1.90. The summed E-state index contributed by atoms with van der Waals surface area (Å²) in [6.45, 7) is 1.84. The molecule has 0 spiro atoms. The first-order valence-electron chi connectivity index (χ1n) is 6.21. The number of furan rings is 1. The van der Waals surface area contributed by atoms with Crippen molar-refractivity contribution in [1.29, 1.82) is 0 Å². The van der Waals surface area contributed by atoms with Crippen LogP contribution in [0.15, 0.2) is 53.1 Å². The average molecular weight is 279 g/mol. The molecule has 1 heterocycles. The fourth-order valence-corrected chi connectivity index (χ4v) is 3.17. The SMILES string of the molecule is CCCS(=O)(=O)NC(c1ccccc1)c1ccco1. The summed E-state index contributed by atoms with van der Waals surface area (Å²) in [6, 6.07) is 12.4. The van der Waals surface area contributed by atoms with Gasteiger partial charge >= 0.3 is 0 Å². The summed E-state index contributed by atoms with van der Waals surface area (Å²) in [4.78, 5) is 0. The molecular formula is C14H17NO3S. The van der Waals surface area contributed by atoms with Crippen molar-refractivity contribution in [3.05, 3.63) is 60.1 Å². The zero-order chi connectivity index (χ0) is 13.7. The molecule has 0 radical (unpaired) electrons. The van der Waals surface area contributed by atoms with Gasteiger partial charge in [-0.3, -0.25) is 0 Å². The van der Waals surface area contributed by atoms with Crippen molar-refractivity contribution in [2.24, 2.45) is 0 Å². The van der Waals surface area contributed by atoms with Crippen molar-refractivity contribution in [2.75, 3.05) is 5.75 Å². The van der Waals surface area contributed by atoms with Crippen LogP contribution in [0.5, 0.6) is 0 Å². The quantitative estimate of drug-likeness (QED) is 0.884. The van der Waals surface area contributed by atoms with Crippen molar-refractivity contribution in [1.82, 2.24) is 4.72 Å². The van der Waals surface area contributed by atoms with Crippen LogP contribution < -0.4 is 4.72 Å². The summed E-state index contributed by atoms with van der Waals surface area (Å²) in [7, 11) is -3.32. The van der Waals surface area contributed by atoms with Gasteiger partial charge in [-0.2, -0.15) is 0 Å². The molecule has 0 aliphatic rings. The van der Waals surface area contributed by atoms with E-state index in [0.29, 0.717) is 12.2 Å². The van der Waals surface area contributed by atoms with Crippen molar-refractivity contribution < 1.29 is 12.8 Å². The van der Waals surface area contributed by atoms with Crippen molar-refractivity contribution >= 4 is 10.0 Å². The number of benzene rings is 1. The fraction of sp³-hybridized carbons (Fsp3) is 0.286. The predicted molar refractivity (Wildman–Crippen MR) is 74.2 cm³/mol. The van der Waals surface area contributed by atoms with Gasteiger partial charge in [0.1, 0.15) is 11.8 Å². The highest BCUT2D eigenvalue weighted by Gasteiger charge is 2.22. The van der Waals surface area contributed by atoms with E-state index in [9.17, 15) is 8.42 Å². The Labute approximate surface area is 113 Å². The lowest BCUT2D eigenvalue weighted by Gasteiger charge is -2.17. The maximum atomic E-state index is 12.0. The summed E-state index contributed by atoms with van der Waals surface area (Å²) < 4.78 is 32.0. The molecule has 2 rings (SSSR count). The second kappa shape index (κ2) is 6.04. The Balaban J connectivity index is 2.32. The molecule has 0 aliphatic heterocycles. The van der Waals surface area contributed by atoms with E-state index in [2.05, 4.69) is 4.72 Å². The van der Waals surface area contributed by atoms with Crippen LogP contribution in [0, 0.1) is 0 Å². The molecular weight excluding hydrogens is 262 g/mol. The van der Waals surface area contributed by atoms with Gasteiger partial charge in [-0.1, -0.05) is 37.3 Å². The molecule has 1 atom stereocenters. The predicted octanol–water partition coefficient (Wildman–Crippen LogP) is 2.70. The molecule has 5 heteroatoms. The third kappa shape index (κ3) is 3.68. The first-order valence-corrected chi connectivity index (χ1v) is 7.86. The van der Waals surface area contributed by atoms with Gasteiger partial charge in [0.25, 0.3) is 0 Å². The topological polar surface area (TPSA) is 59.3 Å². The van der Waals surface area contributed by atoms with E-state index in [1.807, 2.05) is 37.3 Å². The Kier molecular flexibility index (Phi) is 4.39. The Hall–Kier alpha value is -1.59. The molecule has 4 nitrogen and oxygen atoms in total. The number of rotatable bonds is 6. The van der Waals surface area contributed by atoms with Crippen LogP contribution in [0.25, 0.3) is 0 Å². The van der Waals surface area contributed by atoms with E-state index in [1.165, 1.54) is 0 Å². The minimum Gasteiger partial charge on any atom is -0.467 e. The van der Waals surface area contributed by atoms with E-state index < -0.39 is 16.1 Å². The Bertz CT molecular complexity index is 591. The van der Waals surface area contributed by atoms with Crippen LogP contribution in [0.4, 0.5) is 0 Å². The van der Waals surface area contributed by atoms with Gasteiger partial charge in [0.15, 0.2) is 0 Å². The summed E-state index contributed by atoms with van der Waals surface area (Å²) in [5, 5.41) is 0. The second-order valence-electron chi connectivity index (χ2n) is 4.30. The van der Waals surface area contributed by atoms with Crippen molar-refractivity contribution in [3.63, 3.8) is 0 Å². The second-order valence-corrected chi connectivity index (χ2v) is 6.17. The highest BCUT2D eigenvalue weighted by molar-refractivity contribution is 7.89. The van der Waals surface area contributed by atoms with E-state index in [4.69, 9.17) is 4.42 Å². The molecule has 0 aliphatic carbocycles. The van der Waals surface area contributed by atoms with Gasteiger partial charge < -0.3 is 4.42 Å². The molecule has 1 N–H and O–H groups in total. The van der Waals surface area contributed by atoms with Gasteiger partial charge in [-0.05, 0) is 24.1 Å². The maximum Gasteiger partial charge on any atom is 0.212 e. The van der Waals surface area contributed by atoms with Crippen LogP contribution >= 0.6 is 0 Å². The zero-order valence-corrected chi connectivity index (χ0v) is 11.6. The minimum atomic E-state index is -3.32. The third-order valence-electron chi connectivity index (χ3n) is 2.73. The van der Waals surface area contributed by atoms with Gasteiger partial charge in [0.2, 0.25) is 10.0 Å². The molecule has 0 saturated heterocycles. The molecule has 0 bridgehead atoms. The molecule has 19 heavy (non-hydrogen) atoms. The molecule has 0 fully saturated rings. The Morgan fingerprint density at radius 1 is 1.16 bits per heavy atom. The van der Waals surface area contributed by atoms with E-state index >= 15 is 0 Å². The monoisotopic (exact) mass is 279 g/mol. The first-order chi connectivity index (χ1) is 9.12. The van der Waals surface area contributed by atoms with Crippen LogP contribution in [0.1, 0.15) is 30.7 Å². The molecule has 1 aromatic heterocycles. The zero-order valence-electron chi connectivity index (χ0n) is 10.7. The lowest BCUT2D eigenvalue weighted by molar-refractivity contribution is 0.471. The molecule has 1 unspecified atom stereocenters. The summed E-state index contributed by atoms with van der Waals surface area (Å²) in [5.41, 5.74) is 0.858. The molecule has 1 aromatic carbocycles. The standard InChI is InChI=1S/C14H17NO3S/c1-2-11-19(16,17)15-14(13-9-6-10-18-13)12-7-4-3-5-8-12/h3-10,14-15H,2,11H2,1H3. The van der Waals surface area contributed by atoms with Gasteiger partial charge in [0, 0.05) is 0 Å². The lowest BCUT2D eigenvalue weighted by Crippen LogP contribution is -2.31. The highest BCUT2D eigenvalue weighted by atomic mass is 32.2. The minimum absolute atomic E-state index is 0.108. The number of sulfonamides is 1. The molecule has 2 aromatic rings. The van der Waals surface area contributed by atoms with Gasteiger partial charge in [0.05, 0.1) is 12.0 Å². The third-order valence-corrected chi connectivity index (χ3v) is 4.27. The highest BCUT2D eigenvalue weighted by Crippen LogP contribution is 2.23. The number of hydrogen-bond acceptors (Lipinski definition) is 3. The molecule has 102 valence electrons. The number of nitrogens with one attached hydrogen (secondary N) is 1. The molecule has 0 saturated carbocycles. The summed E-state index contributed by atoms with van der Waals surface area (Å²) in [6.07, 6.45) is 2.12. The maximum absolute atomic E-state index is 12.0. The number of hydrogen-bond donors (Lipinski definition) is 1. The van der Waals surface area contributed by atoms with Crippen LogP contribution in [0.3, 0.4) is 0 Å². The van der Waals surface area contributed by atoms with Crippen LogP contribution in [0.2, 0.25) is 0 Å².